The Morgan fingerprint density at radius 3 is 2.20 bits per heavy atom. The third kappa shape index (κ3) is 4.37. The van der Waals surface area contributed by atoms with Gasteiger partial charge in [-0.2, -0.15) is 0 Å². The van der Waals surface area contributed by atoms with E-state index in [1.54, 1.807) is 13.0 Å². The summed E-state index contributed by atoms with van der Waals surface area (Å²) >= 11 is 17.3. The Morgan fingerprint density at radius 2 is 1.75 bits per heavy atom. The Labute approximate surface area is 133 Å². The fourth-order valence-corrected chi connectivity index (χ4v) is 2.49. The SMILES string of the molecule is CC[C@@](C)(CNC(=O)c1cc(Cl)cc(Cl)c1)C(=O)CCl. The van der Waals surface area contributed by atoms with Crippen molar-refractivity contribution in [2.45, 2.75) is 20.3 Å². The highest BCUT2D eigenvalue weighted by atomic mass is 35.5. The van der Waals surface area contributed by atoms with Crippen molar-refractivity contribution in [3.63, 3.8) is 0 Å². The second kappa shape index (κ2) is 7.30. The first-order valence-electron chi connectivity index (χ1n) is 6.16. The van der Waals surface area contributed by atoms with Gasteiger partial charge in [-0.3, -0.25) is 9.59 Å². The summed E-state index contributed by atoms with van der Waals surface area (Å²) in [4.78, 5) is 23.8. The second-order valence-electron chi connectivity index (χ2n) is 4.81. The van der Waals surface area contributed by atoms with Gasteiger partial charge in [0.2, 0.25) is 0 Å². The molecule has 1 N–H and O–H groups in total. The highest BCUT2D eigenvalue weighted by Gasteiger charge is 2.30. The van der Waals surface area contributed by atoms with Gasteiger partial charge in [-0.15, -0.1) is 11.6 Å². The van der Waals surface area contributed by atoms with E-state index >= 15 is 0 Å². The van der Waals surface area contributed by atoms with Gasteiger partial charge in [0.1, 0.15) is 0 Å². The lowest BCUT2D eigenvalue weighted by Gasteiger charge is -2.26. The Hall–Kier alpha value is -0.770. The van der Waals surface area contributed by atoms with Crippen LogP contribution in [0.15, 0.2) is 18.2 Å². The van der Waals surface area contributed by atoms with Gasteiger partial charge >= 0.3 is 0 Å². The van der Waals surface area contributed by atoms with Crippen molar-refractivity contribution < 1.29 is 9.59 Å². The summed E-state index contributed by atoms with van der Waals surface area (Å²) in [5, 5.41) is 3.50. The normalized spacial score (nSPS) is 13.7. The van der Waals surface area contributed by atoms with Crippen molar-refractivity contribution in [3.05, 3.63) is 33.8 Å². The number of rotatable bonds is 6. The van der Waals surface area contributed by atoms with Gasteiger partial charge < -0.3 is 5.32 Å². The average Bonchev–Trinajstić information content (AvgIpc) is 2.42. The van der Waals surface area contributed by atoms with Crippen LogP contribution in [0.25, 0.3) is 0 Å². The molecule has 0 fully saturated rings. The first-order valence-corrected chi connectivity index (χ1v) is 7.45. The van der Waals surface area contributed by atoms with E-state index in [9.17, 15) is 9.59 Å². The molecular weight excluding hydrogens is 321 g/mol. The molecule has 1 atom stereocenters. The van der Waals surface area contributed by atoms with Crippen molar-refractivity contribution in [3.8, 4) is 0 Å². The maximum Gasteiger partial charge on any atom is 0.251 e. The zero-order valence-corrected chi connectivity index (χ0v) is 13.6. The van der Waals surface area contributed by atoms with Crippen molar-refractivity contribution in [1.29, 1.82) is 0 Å². The van der Waals surface area contributed by atoms with Crippen LogP contribution in [0.4, 0.5) is 0 Å². The number of hydrogen-bond acceptors (Lipinski definition) is 2. The van der Waals surface area contributed by atoms with Gasteiger partial charge in [0, 0.05) is 27.6 Å². The fourth-order valence-electron chi connectivity index (χ4n) is 1.64. The number of amides is 1. The fraction of sp³-hybridized carbons (Fsp3) is 0.429. The number of Topliss-reactive ketones (excluding diaryl/α,β-unsaturated/α-hetero) is 1. The number of alkyl halides is 1. The quantitative estimate of drug-likeness (QED) is 0.800. The molecule has 3 nitrogen and oxygen atoms in total. The van der Waals surface area contributed by atoms with E-state index in [0.29, 0.717) is 22.0 Å². The number of ketones is 1. The molecule has 0 unspecified atom stereocenters. The van der Waals surface area contributed by atoms with Gasteiger partial charge in [0.25, 0.3) is 5.91 Å². The topological polar surface area (TPSA) is 46.2 Å². The molecule has 0 bridgehead atoms. The molecule has 1 rings (SSSR count). The van der Waals surface area contributed by atoms with Gasteiger partial charge in [0.15, 0.2) is 5.78 Å². The molecule has 1 amide bonds. The Balaban J connectivity index is 2.78. The predicted octanol–water partition coefficient (Wildman–Crippen LogP) is 3.95. The molecule has 0 spiro atoms. The van der Waals surface area contributed by atoms with E-state index in [0.717, 1.165) is 0 Å². The van der Waals surface area contributed by atoms with Crippen LogP contribution in [-0.4, -0.2) is 24.1 Å². The molecule has 20 heavy (non-hydrogen) atoms. The summed E-state index contributed by atoms with van der Waals surface area (Å²) in [5.74, 6) is -0.481. The predicted molar refractivity (Wildman–Crippen MR) is 82.9 cm³/mol. The minimum Gasteiger partial charge on any atom is -0.351 e. The molecule has 110 valence electrons. The van der Waals surface area contributed by atoms with Gasteiger partial charge in [-0.25, -0.2) is 0 Å². The number of carbonyl (C=O) groups excluding carboxylic acids is 2. The first-order chi connectivity index (χ1) is 9.32. The van der Waals surface area contributed by atoms with Crippen LogP contribution in [0, 0.1) is 5.41 Å². The van der Waals surface area contributed by atoms with Gasteiger partial charge in [0.05, 0.1) is 5.88 Å². The Kier molecular flexibility index (Phi) is 6.31. The molecule has 0 radical (unpaired) electrons. The van der Waals surface area contributed by atoms with Crippen LogP contribution in [0.2, 0.25) is 10.0 Å². The lowest BCUT2D eigenvalue weighted by atomic mass is 9.83. The Bertz CT molecular complexity index is 499. The highest BCUT2D eigenvalue weighted by Crippen LogP contribution is 2.23. The van der Waals surface area contributed by atoms with Crippen molar-refractivity contribution in [1.82, 2.24) is 5.32 Å². The van der Waals surface area contributed by atoms with Crippen LogP contribution in [0.5, 0.6) is 0 Å². The summed E-state index contributed by atoms with van der Waals surface area (Å²) < 4.78 is 0. The van der Waals surface area contributed by atoms with Crippen molar-refractivity contribution in [2.75, 3.05) is 12.4 Å². The third-order valence-corrected chi connectivity index (χ3v) is 4.02. The summed E-state index contributed by atoms with van der Waals surface area (Å²) in [5.41, 5.74) is -0.306. The van der Waals surface area contributed by atoms with E-state index in [4.69, 9.17) is 34.8 Å². The summed E-state index contributed by atoms with van der Waals surface area (Å²) in [7, 11) is 0. The number of benzene rings is 1. The summed E-state index contributed by atoms with van der Waals surface area (Å²) in [6, 6.07) is 4.60. The van der Waals surface area contributed by atoms with Crippen LogP contribution in [0.3, 0.4) is 0 Å². The smallest absolute Gasteiger partial charge is 0.251 e. The number of nitrogens with one attached hydrogen (secondary N) is 1. The zero-order chi connectivity index (χ0) is 15.3. The molecular formula is C14H16Cl3NO2. The molecule has 0 saturated carbocycles. The van der Waals surface area contributed by atoms with E-state index < -0.39 is 5.41 Å². The average molecular weight is 337 g/mol. The van der Waals surface area contributed by atoms with E-state index in [-0.39, 0.29) is 24.1 Å². The number of halogens is 3. The van der Waals surface area contributed by atoms with Crippen LogP contribution in [0.1, 0.15) is 30.6 Å². The minimum absolute atomic E-state index is 0.0663. The van der Waals surface area contributed by atoms with Crippen LogP contribution < -0.4 is 5.32 Å². The van der Waals surface area contributed by atoms with Crippen molar-refractivity contribution >= 4 is 46.5 Å². The van der Waals surface area contributed by atoms with Crippen LogP contribution in [-0.2, 0) is 4.79 Å². The highest BCUT2D eigenvalue weighted by molar-refractivity contribution is 6.35. The molecule has 6 heteroatoms. The van der Waals surface area contributed by atoms with Gasteiger partial charge in [-0.1, -0.05) is 37.0 Å². The zero-order valence-electron chi connectivity index (χ0n) is 11.3. The lowest BCUT2D eigenvalue weighted by Crippen LogP contribution is -2.41. The maximum atomic E-state index is 12.0. The summed E-state index contributed by atoms with van der Waals surface area (Å²) in [6.45, 7) is 3.88. The molecule has 0 heterocycles. The molecule has 0 aliphatic heterocycles. The van der Waals surface area contributed by atoms with E-state index in [1.165, 1.54) is 12.1 Å². The largest absolute Gasteiger partial charge is 0.351 e. The maximum absolute atomic E-state index is 12.0. The number of carbonyl (C=O) groups is 2. The monoisotopic (exact) mass is 335 g/mol. The Morgan fingerprint density at radius 1 is 1.20 bits per heavy atom. The third-order valence-electron chi connectivity index (χ3n) is 3.34. The lowest BCUT2D eigenvalue weighted by molar-refractivity contribution is -0.125. The minimum atomic E-state index is -0.667. The van der Waals surface area contributed by atoms with E-state index in [1.807, 2.05) is 6.92 Å². The summed E-state index contributed by atoms with van der Waals surface area (Å²) in [6.07, 6.45) is 0.592. The molecule has 0 aromatic heterocycles. The van der Waals surface area contributed by atoms with E-state index in [2.05, 4.69) is 5.32 Å². The van der Waals surface area contributed by atoms with Crippen LogP contribution >= 0.6 is 34.8 Å². The second-order valence-corrected chi connectivity index (χ2v) is 5.95. The molecule has 0 aliphatic rings. The van der Waals surface area contributed by atoms with Gasteiger partial charge in [-0.05, 0) is 24.6 Å². The van der Waals surface area contributed by atoms with Crippen molar-refractivity contribution in [2.24, 2.45) is 5.41 Å². The molecule has 0 saturated heterocycles. The molecule has 0 aliphatic carbocycles. The first kappa shape index (κ1) is 17.3. The standard InChI is InChI=1S/C14H16Cl3NO2/c1-3-14(2,12(19)7-15)8-18-13(20)9-4-10(16)6-11(17)5-9/h4-6H,3,7-8H2,1-2H3,(H,18,20)/t14-/m0/s1. The number of hydrogen-bond donors (Lipinski definition) is 1. The molecule has 1 aromatic carbocycles. The molecule has 1 aromatic rings.